The molecule has 2 saturated carbocycles. The molecular formula is C18H23NS. The van der Waals surface area contributed by atoms with Crippen molar-refractivity contribution in [2.24, 2.45) is 17.8 Å². The fourth-order valence-corrected chi connectivity index (χ4v) is 5.84. The molecule has 2 bridgehead atoms. The van der Waals surface area contributed by atoms with Crippen LogP contribution in [-0.4, -0.2) is 25.5 Å². The highest BCUT2D eigenvalue weighted by Gasteiger charge is 2.48. The minimum atomic E-state index is 0.812. The second kappa shape index (κ2) is 4.85. The molecule has 0 spiro atoms. The van der Waals surface area contributed by atoms with E-state index in [0.29, 0.717) is 0 Å². The minimum absolute atomic E-state index is 0.812. The molecule has 1 nitrogen and oxygen atoms in total. The predicted molar refractivity (Wildman–Crippen MR) is 87.4 cm³/mol. The molecule has 1 heterocycles. The summed E-state index contributed by atoms with van der Waals surface area (Å²) < 4.78 is 1.47. The van der Waals surface area contributed by atoms with E-state index < -0.39 is 0 Å². The van der Waals surface area contributed by atoms with Crippen LogP contribution in [0.2, 0.25) is 0 Å². The third kappa shape index (κ3) is 1.93. The van der Waals surface area contributed by atoms with Crippen molar-refractivity contribution in [3.05, 3.63) is 35.2 Å². The van der Waals surface area contributed by atoms with E-state index in [1.807, 2.05) is 11.3 Å². The average molecular weight is 285 g/mol. The number of thiophene rings is 1. The zero-order valence-corrected chi connectivity index (χ0v) is 13.2. The van der Waals surface area contributed by atoms with E-state index in [1.54, 1.807) is 5.56 Å². The molecule has 0 radical (unpaired) electrons. The molecule has 1 aromatic heterocycles. The van der Waals surface area contributed by atoms with Gasteiger partial charge >= 0.3 is 0 Å². The van der Waals surface area contributed by atoms with Gasteiger partial charge in [-0.05, 0) is 79.4 Å². The Morgan fingerprint density at radius 2 is 1.95 bits per heavy atom. The van der Waals surface area contributed by atoms with Gasteiger partial charge in [0.25, 0.3) is 0 Å². The first-order chi connectivity index (χ1) is 9.74. The molecule has 2 heteroatoms. The smallest absolute Gasteiger partial charge is 0.0345 e. The topological polar surface area (TPSA) is 3.24 Å². The van der Waals surface area contributed by atoms with Crippen molar-refractivity contribution in [2.45, 2.75) is 25.2 Å². The molecule has 106 valence electrons. The number of benzene rings is 1. The Hall–Kier alpha value is -0.860. The van der Waals surface area contributed by atoms with Crippen LogP contribution >= 0.6 is 11.3 Å². The second-order valence-corrected chi connectivity index (χ2v) is 7.88. The Labute approximate surface area is 125 Å². The maximum Gasteiger partial charge on any atom is 0.0345 e. The van der Waals surface area contributed by atoms with Crippen LogP contribution in [0.15, 0.2) is 29.6 Å². The Bertz CT molecular complexity index is 615. The molecule has 1 aromatic carbocycles. The lowest BCUT2D eigenvalue weighted by molar-refractivity contribution is 0.220. The van der Waals surface area contributed by atoms with E-state index in [1.165, 1.54) is 35.9 Å². The highest BCUT2D eigenvalue weighted by atomic mass is 32.1. The van der Waals surface area contributed by atoms with E-state index in [-0.39, 0.29) is 0 Å². The van der Waals surface area contributed by atoms with Crippen molar-refractivity contribution in [1.82, 2.24) is 4.90 Å². The average Bonchev–Trinajstić information content (AvgIpc) is 3.11. The van der Waals surface area contributed by atoms with Gasteiger partial charge in [0, 0.05) is 11.2 Å². The molecule has 0 saturated heterocycles. The molecule has 0 N–H and O–H groups in total. The van der Waals surface area contributed by atoms with Crippen LogP contribution in [0.25, 0.3) is 10.1 Å². The summed E-state index contributed by atoms with van der Waals surface area (Å²) in [6.45, 7) is 1.26. The summed E-state index contributed by atoms with van der Waals surface area (Å²) in [7, 11) is 4.46. The van der Waals surface area contributed by atoms with Gasteiger partial charge in [0.05, 0.1) is 0 Å². The molecule has 4 rings (SSSR count). The lowest BCUT2D eigenvalue weighted by atomic mass is 9.75. The van der Waals surface area contributed by atoms with Gasteiger partial charge in [0.15, 0.2) is 0 Å². The molecule has 4 atom stereocenters. The van der Waals surface area contributed by atoms with E-state index in [4.69, 9.17) is 0 Å². The molecular weight excluding hydrogens is 262 g/mol. The van der Waals surface area contributed by atoms with E-state index in [2.05, 4.69) is 48.6 Å². The summed E-state index contributed by atoms with van der Waals surface area (Å²) in [6, 6.07) is 8.98. The first-order valence-corrected chi connectivity index (χ1v) is 8.73. The Morgan fingerprint density at radius 3 is 2.80 bits per heavy atom. The van der Waals surface area contributed by atoms with Crippen LogP contribution in [-0.2, 0) is 0 Å². The fourth-order valence-electron chi connectivity index (χ4n) is 4.84. The number of nitrogens with zero attached hydrogens (tertiary/aromatic N) is 1. The van der Waals surface area contributed by atoms with Gasteiger partial charge in [-0.1, -0.05) is 18.2 Å². The van der Waals surface area contributed by atoms with Crippen molar-refractivity contribution in [3.8, 4) is 0 Å². The fraction of sp³-hybridized carbons (Fsp3) is 0.556. The first kappa shape index (κ1) is 12.8. The molecule has 2 aliphatic rings. The number of fused-ring (bicyclic) bond motifs is 3. The lowest BCUT2D eigenvalue weighted by Crippen LogP contribution is -2.30. The van der Waals surface area contributed by atoms with E-state index in [0.717, 1.165) is 23.7 Å². The van der Waals surface area contributed by atoms with E-state index >= 15 is 0 Å². The molecule has 2 aliphatic carbocycles. The monoisotopic (exact) mass is 285 g/mol. The van der Waals surface area contributed by atoms with Gasteiger partial charge in [-0.25, -0.2) is 0 Å². The molecule has 0 unspecified atom stereocenters. The van der Waals surface area contributed by atoms with Crippen LogP contribution in [0.1, 0.15) is 30.7 Å². The SMILES string of the molecule is CN(C)C[C@H]1[C@H]2CC[C@H](C2)[C@H]1c1csc2ccccc12. The van der Waals surface area contributed by atoms with Crippen LogP contribution < -0.4 is 0 Å². The molecule has 20 heavy (non-hydrogen) atoms. The maximum atomic E-state index is 2.46. The Morgan fingerprint density at radius 1 is 1.15 bits per heavy atom. The summed E-state index contributed by atoms with van der Waals surface area (Å²) in [5, 5.41) is 3.98. The summed E-state index contributed by atoms with van der Waals surface area (Å²) in [5.74, 6) is 3.61. The van der Waals surface area contributed by atoms with Crippen LogP contribution in [0, 0.1) is 17.8 Å². The van der Waals surface area contributed by atoms with Gasteiger partial charge in [-0.2, -0.15) is 0 Å². The standard InChI is InChI=1S/C18H23NS/c1-19(2)10-15-12-7-8-13(9-12)18(15)16-11-20-17-6-4-3-5-14(16)17/h3-6,11-13,15,18H,7-10H2,1-2H3/t12-,13+,15-,18+/m0/s1. The third-order valence-corrected chi connectivity index (χ3v) is 6.52. The lowest BCUT2D eigenvalue weighted by Gasteiger charge is -2.33. The van der Waals surface area contributed by atoms with Crippen LogP contribution in [0.3, 0.4) is 0 Å². The Balaban J connectivity index is 1.75. The number of hydrogen-bond donors (Lipinski definition) is 0. The Kier molecular flexibility index (Phi) is 3.12. The summed E-state index contributed by atoms with van der Waals surface area (Å²) in [4.78, 5) is 2.40. The summed E-state index contributed by atoms with van der Waals surface area (Å²) in [5.41, 5.74) is 1.66. The maximum absolute atomic E-state index is 2.46. The van der Waals surface area contributed by atoms with Gasteiger partial charge in [-0.15, -0.1) is 11.3 Å². The summed E-state index contributed by atoms with van der Waals surface area (Å²) in [6.07, 6.45) is 4.42. The molecule has 2 aromatic rings. The van der Waals surface area contributed by atoms with Crippen molar-refractivity contribution < 1.29 is 0 Å². The zero-order valence-electron chi connectivity index (χ0n) is 12.4. The number of hydrogen-bond acceptors (Lipinski definition) is 2. The van der Waals surface area contributed by atoms with Gasteiger partial charge in [-0.3, -0.25) is 0 Å². The van der Waals surface area contributed by atoms with Crippen molar-refractivity contribution in [3.63, 3.8) is 0 Å². The van der Waals surface area contributed by atoms with E-state index in [9.17, 15) is 0 Å². The number of rotatable bonds is 3. The molecule has 0 aliphatic heterocycles. The predicted octanol–water partition coefficient (Wildman–Crippen LogP) is 4.59. The second-order valence-electron chi connectivity index (χ2n) is 6.97. The van der Waals surface area contributed by atoms with Gasteiger partial charge in [0.2, 0.25) is 0 Å². The highest BCUT2D eigenvalue weighted by molar-refractivity contribution is 7.17. The molecule has 0 amide bonds. The van der Waals surface area contributed by atoms with Gasteiger partial charge in [0.1, 0.15) is 0 Å². The third-order valence-electron chi connectivity index (χ3n) is 5.53. The largest absolute Gasteiger partial charge is 0.309 e. The minimum Gasteiger partial charge on any atom is -0.309 e. The van der Waals surface area contributed by atoms with Gasteiger partial charge < -0.3 is 4.90 Å². The zero-order chi connectivity index (χ0) is 13.7. The van der Waals surface area contributed by atoms with Crippen LogP contribution in [0.5, 0.6) is 0 Å². The summed E-state index contributed by atoms with van der Waals surface area (Å²) >= 11 is 1.94. The van der Waals surface area contributed by atoms with Crippen molar-refractivity contribution >= 4 is 21.4 Å². The normalized spacial score (nSPS) is 32.5. The van der Waals surface area contributed by atoms with Crippen LogP contribution in [0.4, 0.5) is 0 Å². The van der Waals surface area contributed by atoms with Crippen molar-refractivity contribution in [2.75, 3.05) is 20.6 Å². The van der Waals surface area contributed by atoms with Crippen molar-refractivity contribution in [1.29, 1.82) is 0 Å². The molecule has 2 fully saturated rings. The first-order valence-electron chi connectivity index (χ1n) is 7.85. The highest BCUT2D eigenvalue weighted by Crippen LogP contribution is 2.58. The quantitative estimate of drug-likeness (QED) is 0.797.